The highest BCUT2D eigenvalue weighted by Gasteiger charge is 2.13. The van der Waals surface area contributed by atoms with Gasteiger partial charge >= 0.3 is 5.97 Å². The van der Waals surface area contributed by atoms with Crippen LogP contribution in [0.25, 0.3) is 0 Å². The van der Waals surface area contributed by atoms with Gasteiger partial charge in [-0.3, -0.25) is 10.2 Å². The van der Waals surface area contributed by atoms with Crippen LogP contribution in [-0.4, -0.2) is 41.9 Å². The molecule has 0 aromatic carbocycles. The summed E-state index contributed by atoms with van der Waals surface area (Å²) in [5, 5.41) is 20.7. The molecule has 0 radical (unpaired) electrons. The lowest BCUT2D eigenvalue weighted by molar-refractivity contribution is -0.138. The molecule has 0 aliphatic rings. The van der Waals surface area contributed by atoms with Gasteiger partial charge in [0.05, 0.1) is 0 Å². The minimum absolute atomic E-state index is 0.125. The van der Waals surface area contributed by atoms with Gasteiger partial charge in [-0.05, 0) is 0 Å². The van der Waals surface area contributed by atoms with Crippen LogP contribution in [-0.2, 0) is 4.79 Å². The van der Waals surface area contributed by atoms with E-state index in [9.17, 15) is 4.79 Å². The van der Waals surface area contributed by atoms with Crippen molar-refractivity contribution in [3.8, 4) is 0 Å². The molecule has 7 heteroatoms. The highest BCUT2D eigenvalue weighted by molar-refractivity contribution is 7.80. The predicted molar refractivity (Wildman–Crippen MR) is 53.2 cm³/mol. The van der Waals surface area contributed by atoms with Crippen molar-refractivity contribution >= 4 is 24.6 Å². The second-order valence-corrected chi connectivity index (χ2v) is 2.73. The third-order valence-electron chi connectivity index (χ3n) is 1.31. The molecule has 6 N–H and O–H groups in total. The smallest absolute Gasteiger partial charge is 0.321 e. The molecule has 0 aliphatic heterocycles. The summed E-state index contributed by atoms with van der Waals surface area (Å²) >= 11 is 3.87. The number of carbonyl (C=O) groups is 1. The molecular weight excluding hydrogens is 192 g/mol. The van der Waals surface area contributed by atoms with Crippen molar-refractivity contribution in [1.29, 1.82) is 5.41 Å². The summed E-state index contributed by atoms with van der Waals surface area (Å²) in [7, 11) is 0. The Morgan fingerprint density at radius 3 is 2.62 bits per heavy atom. The number of hydrogen-bond acceptors (Lipinski definition) is 4. The summed E-state index contributed by atoms with van der Waals surface area (Å²) < 4.78 is 0. The van der Waals surface area contributed by atoms with Crippen molar-refractivity contribution in [3.05, 3.63) is 0 Å². The van der Waals surface area contributed by atoms with E-state index in [2.05, 4.69) is 23.3 Å². The fourth-order valence-electron chi connectivity index (χ4n) is 0.674. The number of aliphatic carboxylic acids is 1. The Morgan fingerprint density at radius 2 is 2.23 bits per heavy atom. The lowest BCUT2D eigenvalue weighted by atomic mass is 10.3. The Bertz CT molecular complexity index is 187. The first-order valence-electron chi connectivity index (χ1n) is 3.73. The first-order valence-corrected chi connectivity index (χ1v) is 4.36. The predicted octanol–water partition coefficient (Wildman–Crippen LogP) is -1.56. The molecule has 0 spiro atoms. The highest BCUT2D eigenvalue weighted by Crippen LogP contribution is 1.86. The van der Waals surface area contributed by atoms with Crippen LogP contribution in [0.15, 0.2) is 0 Å². The molecule has 0 bridgehead atoms. The topological polar surface area (TPSA) is 111 Å². The summed E-state index contributed by atoms with van der Waals surface area (Å²) in [5.41, 5.74) is 5.01. The first-order chi connectivity index (χ1) is 6.07. The zero-order valence-electron chi connectivity index (χ0n) is 7.08. The minimum atomic E-state index is -0.933. The molecule has 0 saturated carbocycles. The van der Waals surface area contributed by atoms with E-state index in [4.69, 9.17) is 16.2 Å². The van der Waals surface area contributed by atoms with Crippen molar-refractivity contribution in [2.24, 2.45) is 5.73 Å². The summed E-state index contributed by atoms with van der Waals surface area (Å²) in [5.74, 6) is -0.826. The molecule has 1 atom stereocenters. The summed E-state index contributed by atoms with van der Waals surface area (Å²) in [6.07, 6.45) is 0. The van der Waals surface area contributed by atoms with E-state index in [1.54, 1.807) is 0 Å². The number of nitrogens with two attached hydrogens (primary N) is 1. The quantitative estimate of drug-likeness (QED) is 0.136. The molecule has 6 nitrogen and oxygen atoms in total. The van der Waals surface area contributed by atoms with E-state index in [1.165, 1.54) is 0 Å². The normalized spacial score (nSPS) is 12.1. The van der Waals surface area contributed by atoms with Crippen LogP contribution < -0.4 is 16.4 Å². The molecule has 0 fully saturated rings. The zero-order chi connectivity index (χ0) is 10.3. The van der Waals surface area contributed by atoms with Crippen LogP contribution in [0.3, 0.4) is 0 Å². The van der Waals surface area contributed by atoms with Gasteiger partial charge in [-0.2, -0.15) is 12.6 Å². The van der Waals surface area contributed by atoms with E-state index < -0.39 is 12.0 Å². The number of carboxylic acids is 1. The van der Waals surface area contributed by atoms with Crippen molar-refractivity contribution in [1.82, 2.24) is 10.6 Å². The molecule has 0 aromatic heterocycles. The number of rotatable bonds is 6. The van der Waals surface area contributed by atoms with Crippen molar-refractivity contribution < 1.29 is 9.90 Å². The van der Waals surface area contributed by atoms with E-state index >= 15 is 0 Å². The third kappa shape index (κ3) is 6.23. The number of guanidine groups is 1. The van der Waals surface area contributed by atoms with Crippen LogP contribution in [0.2, 0.25) is 0 Å². The van der Waals surface area contributed by atoms with Crippen LogP contribution in [0.1, 0.15) is 0 Å². The van der Waals surface area contributed by atoms with Crippen LogP contribution >= 0.6 is 12.6 Å². The van der Waals surface area contributed by atoms with Crippen LogP contribution in [0.5, 0.6) is 0 Å². The third-order valence-corrected chi connectivity index (χ3v) is 1.68. The van der Waals surface area contributed by atoms with Crippen LogP contribution in [0, 0.1) is 5.41 Å². The SMILES string of the molecule is N=C(N)NCCN[C@@H](CS)C(=O)O. The Balaban J connectivity index is 3.50. The van der Waals surface area contributed by atoms with Gasteiger partial charge < -0.3 is 21.5 Å². The van der Waals surface area contributed by atoms with Crippen molar-refractivity contribution in [2.75, 3.05) is 18.8 Å². The second kappa shape index (κ2) is 6.55. The molecule has 0 rings (SSSR count). The largest absolute Gasteiger partial charge is 0.480 e. The van der Waals surface area contributed by atoms with Gasteiger partial charge in [-0.25, -0.2) is 0 Å². The summed E-state index contributed by atoms with van der Waals surface area (Å²) in [6.45, 7) is 0.851. The molecule has 76 valence electrons. The van der Waals surface area contributed by atoms with Crippen molar-refractivity contribution in [3.63, 3.8) is 0 Å². The Hall–Kier alpha value is -0.950. The standard InChI is InChI=1S/C6H14N4O2S/c7-6(8)10-2-1-9-4(3-13)5(11)12/h4,9,13H,1-3H2,(H,11,12)(H4,7,8,10)/t4-/m0/s1. The van der Waals surface area contributed by atoms with Crippen LogP contribution in [0.4, 0.5) is 0 Å². The van der Waals surface area contributed by atoms with Gasteiger partial charge in [-0.15, -0.1) is 0 Å². The molecule has 0 unspecified atom stereocenters. The number of thiol groups is 1. The number of hydrogen-bond donors (Lipinski definition) is 6. The first kappa shape index (κ1) is 12.0. The molecule has 0 saturated heterocycles. The maximum Gasteiger partial charge on any atom is 0.321 e. The highest BCUT2D eigenvalue weighted by atomic mass is 32.1. The average molecular weight is 206 g/mol. The maximum absolute atomic E-state index is 10.5. The monoisotopic (exact) mass is 206 g/mol. The number of carboxylic acid groups (broad SMARTS) is 1. The van der Waals surface area contributed by atoms with E-state index in [-0.39, 0.29) is 11.7 Å². The number of nitrogens with one attached hydrogen (secondary N) is 3. The van der Waals surface area contributed by atoms with Gasteiger partial charge in [0.1, 0.15) is 6.04 Å². The molecule has 0 amide bonds. The second-order valence-electron chi connectivity index (χ2n) is 2.37. The minimum Gasteiger partial charge on any atom is -0.480 e. The van der Waals surface area contributed by atoms with Crippen molar-refractivity contribution in [2.45, 2.75) is 6.04 Å². The summed E-state index contributed by atoms with van der Waals surface area (Å²) in [4.78, 5) is 10.5. The van der Waals surface area contributed by atoms with Gasteiger partial charge in [0.15, 0.2) is 5.96 Å². The Labute approximate surface area is 81.8 Å². The van der Waals surface area contributed by atoms with E-state index in [0.717, 1.165) is 0 Å². The van der Waals surface area contributed by atoms with Gasteiger partial charge in [0.25, 0.3) is 0 Å². The molecule has 13 heavy (non-hydrogen) atoms. The Kier molecular flexibility index (Phi) is 6.07. The molecule has 0 aromatic rings. The molecule has 0 aliphatic carbocycles. The van der Waals surface area contributed by atoms with Gasteiger partial charge in [-0.1, -0.05) is 0 Å². The fraction of sp³-hybridized carbons (Fsp3) is 0.667. The van der Waals surface area contributed by atoms with Gasteiger partial charge in [0, 0.05) is 18.8 Å². The lowest BCUT2D eigenvalue weighted by Crippen LogP contribution is -2.43. The van der Waals surface area contributed by atoms with E-state index in [0.29, 0.717) is 13.1 Å². The van der Waals surface area contributed by atoms with Gasteiger partial charge in [0.2, 0.25) is 0 Å². The lowest BCUT2D eigenvalue weighted by Gasteiger charge is -2.11. The Morgan fingerprint density at radius 1 is 1.62 bits per heavy atom. The van der Waals surface area contributed by atoms with E-state index in [1.807, 2.05) is 0 Å². The molecular formula is C6H14N4O2S. The zero-order valence-corrected chi connectivity index (χ0v) is 7.97. The fourth-order valence-corrected chi connectivity index (χ4v) is 0.959. The maximum atomic E-state index is 10.5. The average Bonchev–Trinajstić information content (AvgIpc) is 2.03. The summed E-state index contributed by atoms with van der Waals surface area (Å²) in [6, 6.07) is -0.655. The molecule has 0 heterocycles.